The van der Waals surface area contributed by atoms with Crippen molar-refractivity contribution in [2.45, 2.75) is 12.2 Å². The molecule has 0 bridgehead atoms. The molecule has 0 amide bonds. The summed E-state index contributed by atoms with van der Waals surface area (Å²) in [6.45, 7) is 0. The zero-order valence-electron chi connectivity index (χ0n) is 7.18. The van der Waals surface area contributed by atoms with Crippen molar-refractivity contribution >= 4 is 21.6 Å². The number of benzene rings is 1. The highest BCUT2D eigenvalue weighted by Crippen LogP contribution is 2.25. The first-order chi connectivity index (χ1) is 6.56. The third-order valence-corrected chi connectivity index (χ3v) is 2.48. The van der Waals surface area contributed by atoms with Gasteiger partial charge in [0.2, 0.25) is 0 Å². The van der Waals surface area contributed by atoms with E-state index in [-0.39, 0.29) is 0 Å². The minimum Gasteiger partial charge on any atom is -0.398 e. The van der Waals surface area contributed by atoms with Gasteiger partial charge in [0.05, 0.1) is 6.07 Å². The summed E-state index contributed by atoms with van der Waals surface area (Å²) in [4.78, 5) is 0. The van der Waals surface area contributed by atoms with Crippen LogP contribution in [0.5, 0.6) is 0 Å². The molecule has 14 heavy (non-hydrogen) atoms. The molecule has 0 aliphatic heterocycles. The number of anilines is 1. The summed E-state index contributed by atoms with van der Waals surface area (Å²) in [6.07, 6.45) is -2.64. The van der Waals surface area contributed by atoms with Crippen LogP contribution in [0.4, 0.5) is 5.69 Å². The minimum atomic E-state index is -1.43. The highest BCUT2D eigenvalue weighted by atomic mass is 79.9. The van der Waals surface area contributed by atoms with Crippen LogP contribution in [0.1, 0.15) is 11.7 Å². The molecule has 1 aromatic rings. The third kappa shape index (κ3) is 2.23. The van der Waals surface area contributed by atoms with Gasteiger partial charge in [-0.25, -0.2) is 0 Å². The first-order valence-corrected chi connectivity index (χ1v) is 4.66. The fraction of sp³-hybridized carbons (Fsp3) is 0.222. The fourth-order valence-electron chi connectivity index (χ4n) is 0.980. The Kier molecular flexibility index (Phi) is 3.47. The van der Waals surface area contributed by atoms with Gasteiger partial charge in [-0.05, 0) is 33.6 Å². The fourth-order valence-corrected chi connectivity index (χ4v) is 1.38. The summed E-state index contributed by atoms with van der Waals surface area (Å²) in [5.74, 6) is 0. The van der Waals surface area contributed by atoms with Crippen LogP contribution in [0.2, 0.25) is 0 Å². The molecular formula is C9H9BrN2O2. The molecule has 0 saturated heterocycles. The van der Waals surface area contributed by atoms with Crippen LogP contribution in [0.3, 0.4) is 0 Å². The highest BCUT2D eigenvalue weighted by Gasteiger charge is 2.17. The number of nitriles is 1. The van der Waals surface area contributed by atoms with E-state index in [1.165, 1.54) is 0 Å². The molecule has 1 aromatic carbocycles. The van der Waals surface area contributed by atoms with Gasteiger partial charge in [0.15, 0.2) is 6.10 Å². The largest absolute Gasteiger partial charge is 0.398 e. The number of nitrogens with zero attached hydrogens (tertiary/aromatic N) is 1. The molecular weight excluding hydrogens is 248 g/mol. The number of nitrogen functional groups attached to an aromatic ring is 1. The molecule has 0 radical (unpaired) electrons. The van der Waals surface area contributed by atoms with Gasteiger partial charge in [-0.2, -0.15) is 5.26 Å². The van der Waals surface area contributed by atoms with Gasteiger partial charge in [-0.15, -0.1) is 0 Å². The van der Waals surface area contributed by atoms with E-state index in [4.69, 9.17) is 16.1 Å². The predicted molar refractivity (Wildman–Crippen MR) is 55.1 cm³/mol. The zero-order chi connectivity index (χ0) is 10.7. The summed E-state index contributed by atoms with van der Waals surface area (Å²) in [7, 11) is 0. The van der Waals surface area contributed by atoms with Gasteiger partial charge in [-0.1, -0.05) is 6.07 Å². The molecule has 1 rings (SSSR count). The van der Waals surface area contributed by atoms with E-state index in [0.29, 0.717) is 15.7 Å². The van der Waals surface area contributed by atoms with Crippen molar-refractivity contribution in [2.24, 2.45) is 0 Å². The second kappa shape index (κ2) is 4.42. The van der Waals surface area contributed by atoms with Gasteiger partial charge in [0.25, 0.3) is 0 Å². The monoisotopic (exact) mass is 256 g/mol. The molecule has 0 saturated carbocycles. The average Bonchev–Trinajstić information content (AvgIpc) is 2.20. The summed E-state index contributed by atoms with van der Waals surface area (Å²) in [6, 6.07) is 6.28. The number of rotatable bonds is 2. The lowest BCUT2D eigenvalue weighted by Gasteiger charge is -2.12. The smallest absolute Gasteiger partial charge is 0.170 e. The molecule has 4 nitrogen and oxygen atoms in total. The van der Waals surface area contributed by atoms with Crippen molar-refractivity contribution in [1.82, 2.24) is 0 Å². The molecule has 2 unspecified atom stereocenters. The van der Waals surface area contributed by atoms with E-state index < -0.39 is 12.2 Å². The van der Waals surface area contributed by atoms with Crippen molar-refractivity contribution < 1.29 is 10.2 Å². The van der Waals surface area contributed by atoms with E-state index in [9.17, 15) is 5.11 Å². The SMILES string of the molecule is N#CC(O)C(O)c1ccc(N)c(Br)c1. The normalized spacial score (nSPS) is 14.4. The Labute approximate surface area is 89.7 Å². The number of aliphatic hydroxyl groups is 2. The van der Waals surface area contributed by atoms with E-state index >= 15 is 0 Å². The predicted octanol–water partition coefficient (Wildman–Crippen LogP) is 0.949. The van der Waals surface area contributed by atoms with Crippen LogP contribution in [0, 0.1) is 11.3 Å². The van der Waals surface area contributed by atoms with E-state index in [1.807, 2.05) is 0 Å². The van der Waals surface area contributed by atoms with Crippen LogP contribution in [0.25, 0.3) is 0 Å². The molecule has 0 spiro atoms. The first-order valence-electron chi connectivity index (χ1n) is 3.87. The maximum absolute atomic E-state index is 9.47. The van der Waals surface area contributed by atoms with Crippen LogP contribution in [-0.2, 0) is 0 Å². The standard InChI is InChI=1S/C9H9BrN2O2/c10-6-3-5(1-2-7(6)12)9(14)8(13)4-11/h1-3,8-9,13-14H,12H2. The second-order valence-electron chi connectivity index (χ2n) is 2.80. The molecule has 0 heterocycles. The maximum Gasteiger partial charge on any atom is 0.170 e. The summed E-state index contributed by atoms with van der Waals surface area (Å²) >= 11 is 3.18. The number of hydrogen-bond donors (Lipinski definition) is 3. The van der Waals surface area contributed by atoms with Gasteiger partial charge in [0.1, 0.15) is 6.10 Å². The number of hydrogen-bond acceptors (Lipinski definition) is 4. The van der Waals surface area contributed by atoms with Crippen molar-refractivity contribution in [3.8, 4) is 6.07 Å². The highest BCUT2D eigenvalue weighted by molar-refractivity contribution is 9.10. The van der Waals surface area contributed by atoms with Crippen molar-refractivity contribution in [3.63, 3.8) is 0 Å². The number of aliphatic hydroxyl groups excluding tert-OH is 2. The molecule has 0 aliphatic rings. The van der Waals surface area contributed by atoms with E-state index in [2.05, 4.69) is 15.9 Å². The topological polar surface area (TPSA) is 90.3 Å². The van der Waals surface area contributed by atoms with E-state index in [1.54, 1.807) is 24.3 Å². The third-order valence-electron chi connectivity index (χ3n) is 1.80. The van der Waals surface area contributed by atoms with Gasteiger partial charge in [0, 0.05) is 10.2 Å². The minimum absolute atomic E-state index is 0.445. The van der Waals surface area contributed by atoms with Crippen molar-refractivity contribution in [2.75, 3.05) is 5.73 Å². The van der Waals surface area contributed by atoms with Gasteiger partial charge in [-0.3, -0.25) is 0 Å². The summed E-state index contributed by atoms with van der Waals surface area (Å²) < 4.78 is 0.624. The Balaban J connectivity index is 2.98. The van der Waals surface area contributed by atoms with Crippen LogP contribution in [-0.4, -0.2) is 16.3 Å². The van der Waals surface area contributed by atoms with Gasteiger partial charge < -0.3 is 15.9 Å². The molecule has 74 valence electrons. The summed E-state index contributed by atoms with van der Waals surface area (Å²) in [5.41, 5.74) is 6.52. The number of halogens is 1. The lowest BCUT2D eigenvalue weighted by atomic mass is 10.1. The Bertz CT molecular complexity index is 376. The van der Waals surface area contributed by atoms with Crippen molar-refractivity contribution in [1.29, 1.82) is 5.26 Å². The molecule has 4 N–H and O–H groups in total. The average molecular weight is 257 g/mol. The molecule has 5 heteroatoms. The Morgan fingerprint density at radius 2 is 2.07 bits per heavy atom. The second-order valence-corrected chi connectivity index (χ2v) is 3.65. The van der Waals surface area contributed by atoms with Gasteiger partial charge >= 0.3 is 0 Å². The Morgan fingerprint density at radius 1 is 1.43 bits per heavy atom. The molecule has 0 aliphatic carbocycles. The lowest BCUT2D eigenvalue weighted by molar-refractivity contribution is 0.0528. The Morgan fingerprint density at radius 3 is 2.57 bits per heavy atom. The van der Waals surface area contributed by atoms with Crippen molar-refractivity contribution in [3.05, 3.63) is 28.2 Å². The Hall–Kier alpha value is -1.09. The zero-order valence-corrected chi connectivity index (χ0v) is 8.77. The number of nitrogens with two attached hydrogens (primary N) is 1. The molecule has 2 atom stereocenters. The molecule has 0 aromatic heterocycles. The van der Waals surface area contributed by atoms with Crippen LogP contribution >= 0.6 is 15.9 Å². The quantitative estimate of drug-likeness (QED) is 0.543. The van der Waals surface area contributed by atoms with Crippen LogP contribution < -0.4 is 5.73 Å². The summed E-state index contributed by atoms with van der Waals surface area (Å²) in [5, 5.41) is 26.9. The first kappa shape index (κ1) is 11.0. The van der Waals surface area contributed by atoms with E-state index in [0.717, 1.165) is 0 Å². The maximum atomic E-state index is 9.47. The lowest BCUT2D eigenvalue weighted by Crippen LogP contribution is -2.15. The molecule has 0 fully saturated rings. The van der Waals surface area contributed by atoms with Crippen LogP contribution in [0.15, 0.2) is 22.7 Å².